The van der Waals surface area contributed by atoms with Crippen molar-refractivity contribution >= 4 is 28.8 Å². The van der Waals surface area contributed by atoms with Crippen LogP contribution in [0.4, 0.5) is 0 Å². The average Bonchev–Trinajstić information content (AvgIpc) is 3.23. The normalized spacial score (nSPS) is 19.9. The van der Waals surface area contributed by atoms with Crippen molar-refractivity contribution in [2.75, 3.05) is 52.6 Å². The van der Waals surface area contributed by atoms with Crippen molar-refractivity contribution in [1.82, 2.24) is 14.4 Å². The first-order chi connectivity index (χ1) is 19.7. The summed E-state index contributed by atoms with van der Waals surface area (Å²) < 4.78 is 13.3. The highest BCUT2D eigenvalue weighted by Crippen LogP contribution is 2.46. The minimum absolute atomic E-state index is 0.0390. The van der Waals surface area contributed by atoms with E-state index in [1.54, 1.807) is 0 Å². The van der Waals surface area contributed by atoms with E-state index in [1.165, 1.54) is 35.9 Å². The highest BCUT2D eigenvalue weighted by atomic mass is 16.5. The summed E-state index contributed by atoms with van der Waals surface area (Å²) in [5.41, 5.74) is 7.07. The fourth-order valence-corrected chi connectivity index (χ4v) is 6.94. The van der Waals surface area contributed by atoms with Gasteiger partial charge in [0.25, 0.3) is 11.8 Å². The molecule has 0 atom stereocenters. The highest BCUT2D eigenvalue weighted by Gasteiger charge is 2.32. The van der Waals surface area contributed by atoms with Gasteiger partial charge in [0.1, 0.15) is 0 Å². The molecule has 2 saturated heterocycles. The Balaban J connectivity index is 1.40. The monoisotopic (exact) mass is 537 g/mol. The van der Waals surface area contributed by atoms with Crippen molar-refractivity contribution in [2.45, 2.75) is 44.6 Å². The molecule has 0 bridgehead atoms. The van der Waals surface area contributed by atoms with Crippen LogP contribution in [0.1, 0.15) is 59.5 Å². The molecular weight excluding hydrogens is 502 g/mol. The predicted molar refractivity (Wildman–Crippen MR) is 153 cm³/mol. The molecule has 1 aliphatic carbocycles. The van der Waals surface area contributed by atoms with E-state index >= 15 is 0 Å². The first kappa shape index (κ1) is 25.4. The number of amides is 2. The molecular formula is C33H35N3O4. The molecule has 3 aromatic rings. The van der Waals surface area contributed by atoms with Crippen molar-refractivity contribution in [3.05, 3.63) is 64.7 Å². The van der Waals surface area contributed by atoms with Crippen LogP contribution in [0.15, 0.2) is 35.9 Å². The molecule has 3 aliphatic heterocycles. The Morgan fingerprint density at radius 1 is 0.825 bits per heavy atom. The molecule has 0 spiro atoms. The van der Waals surface area contributed by atoms with E-state index in [4.69, 9.17) is 9.47 Å². The Kier molecular flexibility index (Phi) is 6.82. The van der Waals surface area contributed by atoms with E-state index in [0.29, 0.717) is 70.6 Å². The fraction of sp³-hybridized carbons (Fsp3) is 0.455. The van der Waals surface area contributed by atoms with Gasteiger partial charge in [0, 0.05) is 53.8 Å². The molecule has 7 rings (SSSR count). The molecule has 7 heteroatoms. The minimum atomic E-state index is 0.0390. The van der Waals surface area contributed by atoms with Gasteiger partial charge in [-0.1, -0.05) is 37.5 Å². The van der Waals surface area contributed by atoms with Crippen LogP contribution in [0.25, 0.3) is 28.2 Å². The number of nitrogens with zero attached hydrogens (tertiary/aromatic N) is 3. The summed E-state index contributed by atoms with van der Waals surface area (Å²) in [7, 11) is 0. The second-order valence-electron chi connectivity index (χ2n) is 11.3. The van der Waals surface area contributed by atoms with Crippen molar-refractivity contribution in [1.29, 1.82) is 0 Å². The number of carbonyl (C=O) groups excluding carboxylic acids is 2. The largest absolute Gasteiger partial charge is 0.378 e. The summed E-state index contributed by atoms with van der Waals surface area (Å²) in [6.45, 7) is 5.15. The van der Waals surface area contributed by atoms with E-state index in [2.05, 4.69) is 28.8 Å². The maximum absolute atomic E-state index is 13.8. The zero-order valence-corrected chi connectivity index (χ0v) is 22.9. The van der Waals surface area contributed by atoms with Crippen LogP contribution in [-0.2, 0) is 20.8 Å². The summed E-state index contributed by atoms with van der Waals surface area (Å²) in [6.07, 6.45) is 8.10. The summed E-state index contributed by atoms with van der Waals surface area (Å²) in [5.74, 6) is 0.537. The van der Waals surface area contributed by atoms with E-state index in [0.717, 1.165) is 35.1 Å². The van der Waals surface area contributed by atoms with Crippen LogP contribution in [-0.4, -0.2) is 78.8 Å². The minimum Gasteiger partial charge on any atom is -0.378 e. The molecule has 3 fully saturated rings. The predicted octanol–water partition coefficient (Wildman–Crippen LogP) is 4.68. The first-order valence-corrected chi connectivity index (χ1v) is 14.7. The lowest BCUT2D eigenvalue weighted by Gasteiger charge is -2.28. The van der Waals surface area contributed by atoms with E-state index in [-0.39, 0.29) is 11.8 Å². The number of fused-ring (bicyclic) bond motifs is 5. The third-order valence-corrected chi connectivity index (χ3v) is 8.99. The molecule has 4 heterocycles. The zero-order valence-electron chi connectivity index (χ0n) is 22.9. The van der Waals surface area contributed by atoms with Crippen LogP contribution >= 0.6 is 0 Å². The van der Waals surface area contributed by atoms with E-state index in [1.807, 2.05) is 34.1 Å². The Hall–Kier alpha value is -3.60. The molecule has 0 N–H and O–H groups in total. The Labute approximate surface area is 235 Å². The van der Waals surface area contributed by atoms with Gasteiger partial charge in [-0.15, -0.1) is 0 Å². The second kappa shape index (κ2) is 10.8. The molecule has 0 radical (unpaired) electrons. The fourth-order valence-electron chi connectivity index (χ4n) is 6.94. The number of rotatable bonds is 3. The topological polar surface area (TPSA) is 64.0 Å². The van der Waals surface area contributed by atoms with Crippen LogP contribution in [0.2, 0.25) is 0 Å². The number of benzene rings is 1. The summed E-state index contributed by atoms with van der Waals surface area (Å²) >= 11 is 0. The first-order valence-electron chi connectivity index (χ1n) is 14.7. The molecule has 40 heavy (non-hydrogen) atoms. The number of hydrogen-bond acceptors (Lipinski definition) is 4. The van der Waals surface area contributed by atoms with Gasteiger partial charge in [0.2, 0.25) is 0 Å². The van der Waals surface area contributed by atoms with E-state index in [9.17, 15) is 9.59 Å². The van der Waals surface area contributed by atoms with E-state index < -0.39 is 0 Å². The van der Waals surface area contributed by atoms with Gasteiger partial charge in [0.05, 0.1) is 38.7 Å². The summed E-state index contributed by atoms with van der Waals surface area (Å²) in [4.78, 5) is 31.2. The smallest absolute Gasteiger partial charge is 0.254 e. The lowest BCUT2D eigenvalue weighted by molar-refractivity contribution is -0.131. The van der Waals surface area contributed by atoms with Crippen molar-refractivity contribution < 1.29 is 19.1 Å². The van der Waals surface area contributed by atoms with Crippen LogP contribution < -0.4 is 0 Å². The van der Waals surface area contributed by atoms with Gasteiger partial charge in [-0.05, 0) is 60.2 Å². The second-order valence-corrected chi connectivity index (χ2v) is 11.3. The standard InChI is InChI=1S/C33H35N3O4/c37-32(34-12-16-39-17-13-34)25-10-11-28-29(21-25)36-22-26(33(38)35-14-18-40-19-15-35)20-24-8-4-5-9-27(24)31(36)30(28)23-6-2-1-3-7-23/h8-11,20-21,23H,1-3,6-7,12-19,22H2. The lowest BCUT2D eigenvalue weighted by atomic mass is 9.81. The molecule has 7 nitrogen and oxygen atoms in total. The maximum Gasteiger partial charge on any atom is 0.254 e. The van der Waals surface area contributed by atoms with Crippen LogP contribution in [0.3, 0.4) is 0 Å². The van der Waals surface area contributed by atoms with Crippen LogP contribution in [0, 0.1) is 12.1 Å². The van der Waals surface area contributed by atoms with Gasteiger partial charge in [-0.2, -0.15) is 0 Å². The maximum atomic E-state index is 13.8. The molecule has 206 valence electrons. The number of ether oxygens (including phenoxy) is 2. The molecule has 0 unspecified atom stereocenters. The average molecular weight is 538 g/mol. The van der Waals surface area contributed by atoms with Gasteiger partial charge in [-0.25, -0.2) is 0 Å². The van der Waals surface area contributed by atoms with Gasteiger partial charge in [-0.3, -0.25) is 9.59 Å². The number of carbonyl (C=O) groups is 2. The quantitative estimate of drug-likeness (QED) is 0.487. The highest BCUT2D eigenvalue weighted by molar-refractivity contribution is 6.04. The Morgan fingerprint density at radius 2 is 1.50 bits per heavy atom. The SMILES string of the molecule is O=C(C1=Cc2cc#ccc2-c2c(C3CCCCC3)c3ccc(C(=O)N4CCOCC4)cc3n2C1)N1CCOCC1. The zero-order chi connectivity index (χ0) is 27.1. The number of aromatic nitrogens is 1. The summed E-state index contributed by atoms with van der Waals surface area (Å²) in [6, 6.07) is 16.5. The molecule has 2 aromatic carbocycles. The van der Waals surface area contributed by atoms with Gasteiger partial charge >= 0.3 is 0 Å². The Bertz CT molecular complexity index is 1470. The third kappa shape index (κ3) is 4.49. The van der Waals surface area contributed by atoms with Crippen LogP contribution in [0.5, 0.6) is 0 Å². The molecule has 4 aliphatic rings. The summed E-state index contributed by atoms with van der Waals surface area (Å²) in [5, 5.41) is 1.19. The third-order valence-electron chi connectivity index (χ3n) is 8.99. The lowest BCUT2D eigenvalue weighted by Crippen LogP contribution is -2.41. The Morgan fingerprint density at radius 3 is 2.23 bits per heavy atom. The number of morpholine rings is 2. The van der Waals surface area contributed by atoms with Gasteiger partial charge in [0.15, 0.2) is 0 Å². The van der Waals surface area contributed by atoms with Crippen molar-refractivity contribution in [2.24, 2.45) is 0 Å². The van der Waals surface area contributed by atoms with Crippen molar-refractivity contribution in [3.8, 4) is 11.3 Å². The molecule has 1 saturated carbocycles. The number of hydrogen-bond donors (Lipinski definition) is 0. The van der Waals surface area contributed by atoms with Gasteiger partial charge < -0.3 is 23.8 Å². The molecule has 1 aromatic heterocycles. The van der Waals surface area contributed by atoms with Crippen molar-refractivity contribution in [3.63, 3.8) is 0 Å². The molecule has 2 amide bonds.